The summed E-state index contributed by atoms with van der Waals surface area (Å²) in [4.78, 5) is 12.0. The molecule has 2 aromatic carbocycles. The molecule has 0 aliphatic heterocycles. The number of carbonyl (C=O) groups is 1. The van der Waals surface area contributed by atoms with Crippen LogP contribution in [-0.2, 0) is 11.2 Å². The van der Waals surface area contributed by atoms with E-state index in [1.54, 1.807) is 30.3 Å². The van der Waals surface area contributed by atoms with Crippen molar-refractivity contribution in [3.8, 4) is 0 Å². The molecule has 1 N–H and O–H groups in total. The molecule has 2 rings (SSSR count). The fraction of sp³-hybridized carbons (Fsp3) is 0.188. The van der Waals surface area contributed by atoms with E-state index in [1.807, 2.05) is 6.92 Å². The van der Waals surface area contributed by atoms with Crippen LogP contribution in [0.15, 0.2) is 42.5 Å². The molecule has 1 unspecified atom stereocenters. The maximum atomic E-state index is 13.1. The molecule has 0 bridgehead atoms. The van der Waals surface area contributed by atoms with Gasteiger partial charge in [-0.3, -0.25) is 4.79 Å². The highest BCUT2D eigenvalue weighted by atomic mass is 35.5. The molecule has 2 aromatic rings. The first kappa shape index (κ1) is 15.8. The van der Waals surface area contributed by atoms with Gasteiger partial charge < -0.3 is 5.32 Å². The Morgan fingerprint density at radius 3 is 2.67 bits per heavy atom. The topological polar surface area (TPSA) is 29.1 Å². The first-order chi connectivity index (χ1) is 9.95. The summed E-state index contributed by atoms with van der Waals surface area (Å²) in [6, 6.07) is 10.9. The third kappa shape index (κ3) is 4.45. The zero-order valence-corrected chi connectivity index (χ0v) is 12.9. The zero-order chi connectivity index (χ0) is 15.4. The standard InChI is InChI=1S/C16H14Cl2FNO/c1-10(14-6-5-12(17)9-15(14)18)20-16(21)8-11-3-2-4-13(19)7-11/h2-7,9-10H,8H2,1H3,(H,20,21). The molecular formula is C16H14Cl2FNO. The van der Waals surface area contributed by atoms with Crippen LogP contribution in [0.5, 0.6) is 0 Å². The van der Waals surface area contributed by atoms with Crippen molar-refractivity contribution in [1.82, 2.24) is 5.32 Å². The molecule has 21 heavy (non-hydrogen) atoms. The van der Waals surface area contributed by atoms with Crippen molar-refractivity contribution in [3.63, 3.8) is 0 Å². The van der Waals surface area contributed by atoms with Crippen LogP contribution in [-0.4, -0.2) is 5.91 Å². The van der Waals surface area contributed by atoms with Crippen molar-refractivity contribution < 1.29 is 9.18 Å². The molecule has 0 spiro atoms. The van der Waals surface area contributed by atoms with Crippen LogP contribution in [0.25, 0.3) is 0 Å². The van der Waals surface area contributed by atoms with Gasteiger partial charge in [0.1, 0.15) is 5.82 Å². The molecule has 0 fully saturated rings. The van der Waals surface area contributed by atoms with Gasteiger partial charge in [-0.15, -0.1) is 0 Å². The second-order valence-corrected chi connectivity index (χ2v) is 5.61. The molecule has 0 saturated heterocycles. The number of carbonyl (C=O) groups excluding carboxylic acids is 1. The van der Waals surface area contributed by atoms with Gasteiger partial charge in [-0.05, 0) is 42.3 Å². The molecular weight excluding hydrogens is 312 g/mol. The maximum Gasteiger partial charge on any atom is 0.224 e. The molecule has 0 aliphatic carbocycles. The van der Waals surface area contributed by atoms with Crippen LogP contribution in [0.2, 0.25) is 10.0 Å². The van der Waals surface area contributed by atoms with Gasteiger partial charge in [-0.2, -0.15) is 0 Å². The summed E-state index contributed by atoms with van der Waals surface area (Å²) in [7, 11) is 0. The van der Waals surface area contributed by atoms with E-state index in [9.17, 15) is 9.18 Å². The Bertz CT molecular complexity index is 660. The summed E-state index contributed by atoms with van der Waals surface area (Å²) in [6.07, 6.45) is 0.118. The van der Waals surface area contributed by atoms with E-state index in [1.165, 1.54) is 12.1 Å². The number of rotatable bonds is 4. The Hall–Kier alpha value is -1.58. The predicted octanol–water partition coefficient (Wildman–Crippen LogP) is 4.55. The van der Waals surface area contributed by atoms with Gasteiger partial charge in [0.05, 0.1) is 12.5 Å². The summed E-state index contributed by atoms with van der Waals surface area (Å²) < 4.78 is 13.1. The summed E-state index contributed by atoms with van der Waals surface area (Å²) in [5.74, 6) is -0.548. The fourth-order valence-corrected chi connectivity index (χ4v) is 2.63. The zero-order valence-electron chi connectivity index (χ0n) is 11.4. The van der Waals surface area contributed by atoms with E-state index >= 15 is 0 Å². The van der Waals surface area contributed by atoms with Crippen molar-refractivity contribution >= 4 is 29.1 Å². The van der Waals surface area contributed by atoms with E-state index in [-0.39, 0.29) is 24.2 Å². The van der Waals surface area contributed by atoms with E-state index in [0.29, 0.717) is 15.6 Å². The lowest BCUT2D eigenvalue weighted by molar-refractivity contribution is -0.121. The van der Waals surface area contributed by atoms with Gasteiger partial charge in [0.25, 0.3) is 0 Å². The number of nitrogens with one attached hydrogen (secondary N) is 1. The van der Waals surface area contributed by atoms with Crippen LogP contribution < -0.4 is 5.32 Å². The summed E-state index contributed by atoms with van der Waals surface area (Å²) >= 11 is 11.9. The number of halogens is 3. The van der Waals surface area contributed by atoms with Crippen LogP contribution in [0.3, 0.4) is 0 Å². The van der Waals surface area contributed by atoms with E-state index in [0.717, 1.165) is 5.56 Å². The monoisotopic (exact) mass is 325 g/mol. The molecule has 0 aliphatic rings. The van der Waals surface area contributed by atoms with E-state index in [4.69, 9.17) is 23.2 Å². The Morgan fingerprint density at radius 1 is 1.24 bits per heavy atom. The minimum absolute atomic E-state index is 0.118. The number of hydrogen-bond donors (Lipinski definition) is 1. The lowest BCUT2D eigenvalue weighted by Crippen LogP contribution is -2.28. The van der Waals surface area contributed by atoms with Gasteiger partial charge in [0.2, 0.25) is 5.91 Å². The highest BCUT2D eigenvalue weighted by Gasteiger charge is 2.13. The smallest absolute Gasteiger partial charge is 0.224 e. The summed E-state index contributed by atoms with van der Waals surface area (Å²) in [5, 5.41) is 3.88. The van der Waals surface area contributed by atoms with Crippen molar-refractivity contribution in [2.75, 3.05) is 0 Å². The van der Waals surface area contributed by atoms with Crippen molar-refractivity contribution in [3.05, 3.63) is 69.5 Å². The molecule has 110 valence electrons. The van der Waals surface area contributed by atoms with E-state index in [2.05, 4.69) is 5.32 Å². The quantitative estimate of drug-likeness (QED) is 0.877. The lowest BCUT2D eigenvalue weighted by Gasteiger charge is -2.16. The van der Waals surface area contributed by atoms with Gasteiger partial charge in [0, 0.05) is 10.0 Å². The Morgan fingerprint density at radius 2 is 2.00 bits per heavy atom. The minimum atomic E-state index is -0.353. The molecule has 0 radical (unpaired) electrons. The van der Waals surface area contributed by atoms with Gasteiger partial charge in [-0.1, -0.05) is 41.4 Å². The Kier molecular flexibility index (Phi) is 5.21. The van der Waals surface area contributed by atoms with Crippen LogP contribution in [0.4, 0.5) is 4.39 Å². The second kappa shape index (κ2) is 6.92. The number of benzene rings is 2. The average molecular weight is 326 g/mol. The average Bonchev–Trinajstić information content (AvgIpc) is 2.38. The Labute approximate surface area is 132 Å². The first-order valence-corrected chi connectivity index (χ1v) is 7.20. The third-order valence-corrected chi connectivity index (χ3v) is 3.62. The number of amides is 1. The maximum absolute atomic E-state index is 13.1. The van der Waals surface area contributed by atoms with Crippen LogP contribution in [0, 0.1) is 5.82 Å². The first-order valence-electron chi connectivity index (χ1n) is 6.44. The molecule has 5 heteroatoms. The lowest BCUT2D eigenvalue weighted by atomic mass is 10.1. The number of hydrogen-bond acceptors (Lipinski definition) is 1. The SMILES string of the molecule is CC(NC(=O)Cc1cccc(F)c1)c1ccc(Cl)cc1Cl. The second-order valence-electron chi connectivity index (χ2n) is 4.76. The highest BCUT2D eigenvalue weighted by Crippen LogP contribution is 2.26. The molecule has 0 saturated carbocycles. The van der Waals surface area contributed by atoms with Crippen molar-refractivity contribution in [1.29, 1.82) is 0 Å². The van der Waals surface area contributed by atoms with Gasteiger partial charge >= 0.3 is 0 Å². The summed E-state index contributed by atoms with van der Waals surface area (Å²) in [5.41, 5.74) is 1.41. The normalized spacial score (nSPS) is 12.0. The van der Waals surface area contributed by atoms with Gasteiger partial charge in [0.15, 0.2) is 0 Å². The Balaban J connectivity index is 2.02. The van der Waals surface area contributed by atoms with Crippen molar-refractivity contribution in [2.24, 2.45) is 0 Å². The largest absolute Gasteiger partial charge is 0.349 e. The third-order valence-electron chi connectivity index (χ3n) is 3.06. The van der Waals surface area contributed by atoms with Crippen molar-refractivity contribution in [2.45, 2.75) is 19.4 Å². The van der Waals surface area contributed by atoms with Crippen LogP contribution >= 0.6 is 23.2 Å². The van der Waals surface area contributed by atoms with E-state index < -0.39 is 0 Å². The minimum Gasteiger partial charge on any atom is -0.349 e. The summed E-state index contributed by atoms with van der Waals surface area (Å²) in [6.45, 7) is 1.83. The molecule has 2 nitrogen and oxygen atoms in total. The molecule has 1 atom stereocenters. The molecule has 1 amide bonds. The highest BCUT2D eigenvalue weighted by molar-refractivity contribution is 6.35. The molecule has 0 heterocycles. The fourth-order valence-electron chi connectivity index (χ4n) is 2.06. The predicted molar refractivity (Wildman–Crippen MR) is 83.1 cm³/mol. The van der Waals surface area contributed by atoms with Crippen LogP contribution in [0.1, 0.15) is 24.1 Å². The van der Waals surface area contributed by atoms with Gasteiger partial charge in [-0.25, -0.2) is 4.39 Å². The molecule has 0 aromatic heterocycles.